The van der Waals surface area contributed by atoms with E-state index >= 15 is 0 Å². The number of amides is 4. The number of ether oxygens (including phenoxy) is 4. The van der Waals surface area contributed by atoms with Crippen LogP contribution in [-0.4, -0.2) is 70.9 Å². The van der Waals surface area contributed by atoms with Crippen molar-refractivity contribution >= 4 is 23.6 Å². The Morgan fingerprint density at radius 3 is 0.571 bits per heavy atom. The first-order valence-corrected chi connectivity index (χ1v) is 29.4. The van der Waals surface area contributed by atoms with Gasteiger partial charge in [0.1, 0.15) is 23.0 Å². The van der Waals surface area contributed by atoms with Gasteiger partial charge in [0.05, 0.1) is 0 Å². The van der Waals surface area contributed by atoms with Gasteiger partial charge in [0.25, 0.3) is 23.6 Å². The summed E-state index contributed by atoms with van der Waals surface area (Å²) in [6.07, 6.45) is 3.55. The van der Waals surface area contributed by atoms with Crippen LogP contribution in [-0.2, 0) is 66.5 Å². The molecule has 1 aliphatic rings. The van der Waals surface area contributed by atoms with E-state index in [1.165, 1.54) is 0 Å². The Balaban J connectivity index is 2.19. The molecule has 0 atom stereocenters. The van der Waals surface area contributed by atoms with E-state index in [2.05, 4.69) is 187 Å². The predicted octanol–water partition coefficient (Wildman–Crippen LogP) is 12.8. The summed E-state index contributed by atoms with van der Waals surface area (Å²) in [5.74, 6) is -1.72. The lowest BCUT2D eigenvalue weighted by atomic mass is 9.70. The van der Waals surface area contributed by atoms with Crippen molar-refractivity contribution in [3.8, 4) is 23.0 Å². The first kappa shape index (κ1) is 68.6. The van der Waals surface area contributed by atoms with E-state index in [9.17, 15) is 40.0 Å². The molecule has 0 saturated heterocycles. The third-order valence-corrected chi connectivity index (χ3v) is 15.4. The predicted molar refractivity (Wildman–Crippen MR) is 327 cm³/mol. The highest BCUT2D eigenvalue weighted by atomic mass is 16.5. The molecule has 4 aromatic carbocycles. The standard InChI is InChI=1S/C68H100N4O12/c1-61(2,3)37-65(13,14)49-25-41-21-43-27-50(66(15,16)38-62(4,5)6)29-45(58(43)82-34-54(74)70-78)23-47-31-52(68(19,20)40-64(10,11)12)32-48(60(47)84-36-56(76)72-80)24-46-30-51(67(17,18)39-63(7,8)9)28-44(59(46)83-35-55(75)71-79)22-42(26-49)57(41)81-33-53(73)69-77/h25-32,77-80H,21-24,33-40H2,1-20H3,(H,69,73)(H,70,74)(H,71,75)(H,72,76). The van der Waals surface area contributed by atoms with E-state index in [-0.39, 0.29) is 47.3 Å². The molecule has 16 heteroatoms. The Kier molecular flexibility index (Phi) is 21.4. The van der Waals surface area contributed by atoms with Gasteiger partial charge in [-0.25, -0.2) is 21.9 Å². The zero-order valence-corrected chi connectivity index (χ0v) is 54.2. The third kappa shape index (κ3) is 18.9. The average molecular weight is 1170 g/mol. The van der Waals surface area contributed by atoms with Gasteiger partial charge in [-0.05, 0) is 136 Å². The maximum absolute atomic E-state index is 13.2. The molecule has 4 aromatic rings. The van der Waals surface area contributed by atoms with Crippen LogP contribution in [0.4, 0.5) is 0 Å². The summed E-state index contributed by atoms with van der Waals surface area (Å²) < 4.78 is 26.7. The number of hydroxylamine groups is 4. The maximum Gasteiger partial charge on any atom is 0.281 e. The first-order valence-electron chi connectivity index (χ1n) is 29.4. The number of nitrogens with one attached hydrogen (secondary N) is 4. The number of fused-ring (bicyclic) bond motifs is 8. The number of benzene rings is 4. The minimum Gasteiger partial charge on any atom is -0.483 e. The van der Waals surface area contributed by atoms with Crippen molar-refractivity contribution < 1.29 is 59.0 Å². The van der Waals surface area contributed by atoms with Crippen LogP contribution in [0.5, 0.6) is 23.0 Å². The second-order valence-electron chi connectivity index (χ2n) is 31.0. The molecule has 0 heterocycles. The van der Waals surface area contributed by atoms with Crippen LogP contribution in [0.1, 0.15) is 231 Å². The van der Waals surface area contributed by atoms with Crippen molar-refractivity contribution in [1.29, 1.82) is 0 Å². The molecular formula is C68H100N4O12. The molecule has 0 radical (unpaired) electrons. The Labute approximate surface area is 500 Å². The molecule has 0 saturated carbocycles. The van der Waals surface area contributed by atoms with Gasteiger partial charge in [-0.3, -0.25) is 40.0 Å². The normalized spacial score (nSPS) is 13.6. The van der Waals surface area contributed by atoms with Crippen LogP contribution in [0.15, 0.2) is 48.5 Å². The molecule has 464 valence electrons. The second kappa shape index (κ2) is 26.2. The number of carbonyl (C=O) groups is 4. The quantitative estimate of drug-likeness (QED) is 0.0269. The molecule has 0 fully saturated rings. The van der Waals surface area contributed by atoms with Gasteiger partial charge in [0.15, 0.2) is 26.4 Å². The third-order valence-electron chi connectivity index (χ3n) is 15.4. The van der Waals surface area contributed by atoms with Gasteiger partial charge in [-0.15, -0.1) is 0 Å². The van der Waals surface area contributed by atoms with Gasteiger partial charge in [-0.2, -0.15) is 0 Å². The molecule has 4 amide bonds. The number of hydrogen-bond acceptors (Lipinski definition) is 12. The van der Waals surface area contributed by atoms with Crippen LogP contribution in [0.3, 0.4) is 0 Å². The molecule has 5 rings (SSSR count). The zero-order valence-electron chi connectivity index (χ0n) is 54.2. The van der Waals surface area contributed by atoms with Crippen molar-refractivity contribution in [1.82, 2.24) is 21.9 Å². The van der Waals surface area contributed by atoms with Gasteiger partial charge in [0, 0.05) is 25.7 Å². The minimum absolute atomic E-state index is 0.124. The first-order chi connectivity index (χ1) is 38.5. The maximum atomic E-state index is 13.2. The smallest absolute Gasteiger partial charge is 0.281 e. The fourth-order valence-corrected chi connectivity index (χ4v) is 13.6. The van der Waals surface area contributed by atoms with Gasteiger partial charge < -0.3 is 18.9 Å². The lowest BCUT2D eigenvalue weighted by Crippen LogP contribution is -2.28. The SMILES string of the molecule is CC(C)(C)CC(C)(C)c1cc2c(OCC(=O)NO)c(c1)Cc1cc(C(C)(C)CC(C)(C)C)cc(c1OCC(=O)NO)Cc1cc(C(C)(C)CC(C)(C)C)cc(c1OCC(=O)NO)Cc1cc(C(C)(C)CC(C)(C)C)cc(c1OCC(=O)NO)C2. The van der Waals surface area contributed by atoms with Crippen molar-refractivity contribution in [2.24, 2.45) is 21.7 Å². The summed E-state index contributed by atoms with van der Waals surface area (Å²) in [5.41, 5.74) is 13.7. The second-order valence-corrected chi connectivity index (χ2v) is 31.0. The van der Waals surface area contributed by atoms with Crippen LogP contribution in [0.25, 0.3) is 0 Å². The van der Waals surface area contributed by atoms with E-state index in [0.717, 1.165) is 47.9 Å². The summed E-state index contributed by atoms with van der Waals surface area (Å²) in [7, 11) is 0. The zero-order chi connectivity index (χ0) is 63.3. The largest absolute Gasteiger partial charge is 0.483 e. The lowest BCUT2D eigenvalue weighted by Gasteiger charge is -2.36. The van der Waals surface area contributed by atoms with E-state index in [1.807, 2.05) is 0 Å². The monoisotopic (exact) mass is 1160 g/mol. The van der Waals surface area contributed by atoms with E-state index in [1.54, 1.807) is 21.9 Å². The van der Waals surface area contributed by atoms with Crippen molar-refractivity contribution in [3.63, 3.8) is 0 Å². The molecule has 16 nitrogen and oxygen atoms in total. The highest BCUT2D eigenvalue weighted by Crippen LogP contribution is 2.48. The van der Waals surface area contributed by atoms with Gasteiger partial charge >= 0.3 is 0 Å². The summed E-state index contributed by atoms with van der Waals surface area (Å²) in [5, 5.41) is 39.7. The Morgan fingerprint density at radius 2 is 0.452 bits per heavy atom. The lowest BCUT2D eigenvalue weighted by molar-refractivity contribution is -0.131. The minimum atomic E-state index is -0.786. The van der Waals surface area contributed by atoms with Crippen LogP contribution >= 0.6 is 0 Å². The summed E-state index contributed by atoms with van der Waals surface area (Å²) in [4.78, 5) is 52.8. The summed E-state index contributed by atoms with van der Waals surface area (Å²) >= 11 is 0. The molecule has 84 heavy (non-hydrogen) atoms. The van der Waals surface area contributed by atoms with Crippen LogP contribution < -0.4 is 40.9 Å². The van der Waals surface area contributed by atoms with Crippen molar-refractivity contribution in [2.75, 3.05) is 26.4 Å². The molecule has 0 unspecified atom stereocenters. The van der Waals surface area contributed by atoms with Crippen molar-refractivity contribution in [3.05, 3.63) is 115 Å². The molecular weight excluding hydrogens is 1060 g/mol. The number of hydrogen-bond donors (Lipinski definition) is 8. The van der Waals surface area contributed by atoms with E-state index < -0.39 is 71.7 Å². The number of rotatable bonds is 20. The van der Waals surface area contributed by atoms with Crippen molar-refractivity contribution in [2.45, 2.75) is 212 Å². The summed E-state index contributed by atoms with van der Waals surface area (Å²) in [6.45, 7) is 41.8. The van der Waals surface area contributed by atoms with Gasteiger partial charge in [-0.1, -0.05) is 187 Å². The highest BCUT2D eigenvalue weighted by Gasteiger charge is 2.36. The molecule has 1 aliphatic carbocycles. The molecule has 8 bridgehead atoms. The van der Waals surface area contributed by atoms with E-state index in [4.69, 9.17) is 18.9 Å². The number of carbonyl (C=O) groups excluding carboxylic acids is 4. The van der Waals surface area contributed by atoms with Gasteiger partial charge in [0.2, 0.25) is 0 Å². The Hall–Kier alpha value is -6.20. The topological polar surface area (TPSA) is 234 Å². The molecule has 8 N–H and O–H groups in total. The average Bonchev–Trinajstić information content (AvgIpc) is 3.53. The van der Waals surface area contributed by atoms with Crippen LogP contribution in [0.2, 0.25) is 0 Å². The molecule has 0 spiro atoms. The molecule has 0 aliphatic heterocycles. The summed E-state index contributed by atoms with van der Waals surface area (Å²) in [6, 6.07) is 16.8. The molecule has 0 aromatic heterocycles. The Morgan fingerprint density at radius 1 is 0.310 bits per heavy atom. The Bertz CT molecular complexity index is 2540. The van der Waals surface area contributed by atoms with E-state index in [0.29, 0.717) is 67.5 Å². The highest BCUT2D eigenvalue weighted by molar-refractivity contribution is 5.78. The van der Waals surface area contributed by atoms with Crippen LogP contribution in [0, 0.1) is 21.7 Å². The fourth-order valence-electron chi connectivity index (χ4n) is 13.6. The fraction of sp³-hybridized carbons (Fsp3) is 0.588.